The van der Waals surface area contributed by atoms with Crippen LogP contribution in [-0.2, 0) is 9.59 Å². The van der Waals surface area contributed by atoms with Crippen LogP contribution in [0.3, 0.4) is 0 Å². The predicted molar refractivity (Wildman–Crippen MR) is 76.7 cm³/mol. The zero-order valence-corrected chi connectivity index (χ0v) is 11.8. The Morgan fingerprint density at radius 1 is 1.35 bits per heavy atom. The van der Waals surface area contributed by atoms with Crippen LogP contribution >= 0.6 is 0 Å². The Labute approximate surface area is 118 Å². The summed E-state index contributed by atoms with van der Waals surface area (Å²) in [5, 5.41) is 12.1. The van der Waals surface area contributed by atoms with E-state index in [2.05, 4.69) is 5.32 Å². The van der Waals surface area contributed by atoms with Crippen molar-refractivity contribution in [2.45, 2.75) is 32.2 Å². The third kappa shape index (κ3) is 2.99. The van der Waals surface area contributed by atoms with Gasteiger partial charge in [0.1, 0.15) is 5.54 Å². The maximum atomic E-state index is 12.0. The fourth-order valence-corrected chi connectivity index (χ4v) is 2.53. The van der Waals surface area contributed by atoms with Crippen LogP contribution < -0.4 is 5.32 Å². The molecule has 1 aliphatic rings. The van der Waals surface area contributed by atoms with Gasteiger partial charge < -0.3 is 10.4 Å². The molecule has 20 heavy (non-hydrogen) atoms. The molecule has 0 spiro atoms. The number of amides is 1. The largest absolute Gasteiger partial charge is 0.480 e. The number of carbonyl (C=O) groups is 2. The Balaban J connectivity index is 1.98. The van der Waals surface area contributed by atoms with Gasteiger partial charge >= 0.3 is 5.97 Å². The smallest absolute Gasteiger partial charge is 0.323 e. The molecule has 0 radical (unpaired) electrons. The van der Waals surface area contributed by atoms with Crippen LogP contribution in [0.1, 0.15) is 25.3 Å². The van der Waals surface area contributed by atoms with E-state index in [9.17, 15) is 14.7 Å². The number of carboxylic acids is 1. The number of anilines is 1. The first kappa shape index (κ1) is 14.5. The molecule has 1 amide bonds. The van der Waals surface area contributed by atoms with Gasteiger partial charge in [0, 0.05) is 5.69 Å². The quantitative estimate of drug-likeness (QED) is 0.881. The molecule has 1 heterocycles. The number of hydrogen-bond acceptors (Lipinski definition) is 3. The highest BCUT2D eigenvalue weighted by Gasteiger charge is 2.43. The summed E-state index contributed by atoms with van der Waals surface area (Å²) in [4.78, 5) is 25.1. The van der Waals surface area contributed by atoms with Gasteiger partial charge in [-0.3, -0.25) is 14.5 Å². The second-order valence-corrected chi connectivity index (χ2v) is 5.52. The summed E-state index contributed by atoms with van der Waals surface area (Å²) in [6.07, 6.45) is 1.39. The third-order valence-corrected chi connectivity index (χ3v) is 3.92. The number of nitrogens with one attached hydrogen (secondary N) is 1. The minimum Gasteiger partial charge on any atom is -0.480 e. The number of benzene rings is 1. The minimum atomic E-state index is -0.926. The molecule has 0 aromatic heterocycles. The highest BCUT2D eigenvalue weighted by molar-refractivity contribution is 5.93. The van der Waals surface area contributed by atoms with E-state index in [0.717, 1.165) is 17.7 Å². The molecule has 108 valence electrons. The van der Waals surface area contributed by atoms with Gasteiger partial charge in [-0.1, -0.05) is 17.7 Å². The van der Waals surface area contributed by atoms with Crippen molar-refractivity contribution in [3.8, 4) is 0 Å². The number of carboxylic acid groups (broad SMARTS) is 1. The van der Waals surface area contributed by atoms with E-state index in [0.29, 0.717) is 13.0 Å². The Morgan fingerprint density at radius 2 is 2.00 bits per heavy atom. The van der Waals surface area contributed by atoms with Crippen molar-refractivity contribution in [3.63, 3.8) is 0 Å². The van der Waals surface area contributed by atoms with E-state index in [4.69, 9.17) is 0 Å². The second-order valence-electron chi connectivity index (χ2n) is 5.52. The SMILES string of the molecule is Cc1ccc(NC(=O)CN2CCCC2(C)C(=O)O)cc1. The molecule has 0 saturated carbocycles. The molecule has 1 fully saturated rings. The van der Waals surface area contributed by atoms with Crippen LogP contribution in [0.15, 0.2) is 24.3 Å². The number of hydrogen-bond donors (Lipinski definition) is 2. The van der Waals surface area contributed by atoms with E-state index in [-0.39, 0.29) is 12.5 Å². The Kier molecular flexibility index (Phi) is 4.09. The number of nitrogens with zero attached hydrogens (tertiary/aromatic N) is 1. The second kappa shape index (κ2) is 5.63. The molecule has 5 heteroatoms. The molecule has 0 aliphatic carbocycles. The maximum Gasteiger partial charge on any atom is 0.323 e. The fourth-order valence-electron chi connectivity index (χ4n) is 2.53. The van der Waals surface area contributed by atoms with Crippen LogP contribution in [0, 0.1) is 6.92 Å². The lowest BCUT2D eigenvalue weighted by atomic mass is 9.99. The first-order valence-corrected chi connectivity index (χ1v) is 6.77. The van der Waals surface area contributed by atoms with Gasteiger partial charge in [0.15, 0.2) is 0 Å². The summed E-state index contributed by atoms with van der Waals surface area (Å²) in [6.45, 7) is 4.41. The zero-order chi connectivity index (χ0) is 14.8. The van der Waals surface area contributed by atoms with Gasteiger partial charge in [-0.25, -0.2) is 0 Å². The molecule has 1 aliphatic heterocycles. The summed E-state index contributed by atoms with van der Waals surface area (Å²) in [7, 11) is 0. The maximum absolute atomic E-state index is 12.0. The van der Waals surface area contributed by atoms with E-state index in [1.807, 2.05) is 31.2 Å². The summed E-state index contributed by atoms with van der Waals surface area (Å²) in [6, 6.07) is 7.53. The molecular weight excluding hydrogens is 256 g/mol. The standard InChI is InChI=1S/C15H20N2O3/c1-11-4-6-12(7-5-11)16-13(18)10-17-9-3-8-15(17,2)14(19)20/h4-7H,3,8-10H2,1-2H3,(H,16,18)(H,19,20). The van der Waals surface area contributed by atoms with Crippen LogP contribution in [-0.4, -0.2) is 40.5 Å². The van der Waals surface area contributed by atoms with Gasteiger partial charge in [-0.05, 0) is 45.4 Å². The average Bonchev–Trinajstić information content (AvgIpc) is 2.75. The lowest BCUT2D eigenvalue weighted by molar-refractivity contribution is -0.149. The number of carbonyl (C=O) groups excluding carboxylic acids is 1. The van der Waals surface area contributed by atoms with Crippen molar-refractivity contribution in [1.29, 1.82) is 0 Å². The first-order chi connectivity index (χ1) is 9.41. The molecule has 1 aromatic rings. The first-order valence-electron chi connectivity index (χ1n) is 6.77. The van der Waals surface area contributed by atoms with E-state index in [1.165, 1.54) is 0 Å². The molecule has 1 unspecified atom stereocenters. The average molecular weight is 276 g/mol. The minimum absolute atomic E-state index is 0.108. The van der Waals surface area contributed by atoms with Gasteiger partial charge in [0.25, 0.3) is 0 Å². The Bertz CT molecular complexity index is 512. The molecule has 5 nitrogen and oxygen atoms in total. The number of rotatable bonds is 4. The number of likely N-dealkylation sites (tertiary alicyclic amines) is 1. The van der Waals surface area contributed by atoms with Crippen LogP contribution in [0.25, 0.3) is 0 Å². The van der Waals surface area contributed by atoms with Crippen molar-refractivity contribution in [2.75, 3.05) is 18.4 Å². The zero-order valence-electron chi connectivity index (χ0n) is 11.8. The molecule has 1 aromatic carbocycles. The topological polar surface area (TPSA) is 69.6 Å². The van der Waals surface area contributed by atoms with Crippen molar-refractivity contribution in [1.82, 2.24) is 4.90 Å². The number of aryl methyl sites for hydroxylation is 1. The van der Waals surface area contributed by atoms with Crippen molar-refractivity contribution in [3.05, 3.63) is 29.8 Å². The predicted octanol–water partition coefficient (Wildman–Crippen LogP) is 1.87. The fraction of sp³-hybridized carbons (Fsp3) is 0.467. The molecule has 1 atom stereocenters. The Morgan fingerprint density at radius 3 is 2.60 bits per heavy atom. The van der Waals surface area contributed by atoms with Crippen molar-refractivity contribution < 1.29 is 14.7 Å². The Hall–Kier alpha value is -1.88. The van der Waals surface area contributed by atoms with Gasteiger partial charge in [-0.2, -0.15) is 0 Å². The lowest BCUT2D eigenvalue weighted by Crippen LogP contribution is -2.50. The van der Waals surface area contributed by atoms with E-state index < -0.39 is 11.5 Å². The van der Waals surface area contributed by atoms with Crippen LogP contribution in [0.2, 0.25) is 0 Å². The van der Waals surface area contributed by atoms with E-state index >= 15 is 0 Å². The van der Waals surface area contributed by atoms with Gasteiger partial charge in [0.05, 0.1) is 6.54 Å². The molecule has 0 bridgehead atoms. The van der Waals surface area contributed by atoms with Crippen LogP contribution in [0.4, 0.5) is 5.69 Å². The molecule has 2 N–H and O–H groups in total. The summed E-state index contributed by atoms with van der Waals surface area (Å²) in [5.41, 5.74) is 0.933. The highest BCUT2D eigenvalue weighted by atomic mass is 16.4. The normalized spacial score (nSPS) is 22.7. The monoisotopic (exact) mass is 276 g/mol. The summed E-state index contributed by atoms with van der Waals surface area (Å²) in [5.74, 6) is -1.04. The molecule has 2 rings (SSSR count). The third-order valence-electron chi connectivity index (χ3n) is 3.92. The molecule has 1 saturated heterocycles. The molecular formula is C15H20N2O3. The number of aliphatic carboxylic acids is 1. The van der Waals surface area contributed by atoms with Crippen LogP contribution in [0.5, 0.6) is 0 Å². The lowest BCUT2D eigenvalue weighted by Gasteiger charge is -2.30. The summed E-state index contributed by atoms with van der Waals surface area (Å²) < 4.78 is 0. The summed E-state index contributed by atoms with van der Waals surface area (Å²) >= 11 is 0. The van der Waals surface area contributed by atoms with Gasteiger partial charge in [-0.15, -0.1) is 0 Å². The van der Waals surface area contributed by atoms with E-state index in [1.54, 1.807) is 11.8 Å². The van der Waals surface area contributed by atoms with Gasteiger partial charge in [0.2, 0.25) is 5.91 Å². The van der Waals surface area contributed by atoms with Crippen molar-refractivity contribution >= 4 is 17.6 Å². The van der Waals surface area contributed by atoms with Crippen molar-refractivity contribution in [2.24, 2.45) is 0 Å². The highest BCUT2D eigenvalue weighted by Crippen LogP contribution is 2.28.